The predicted molar refractivity (Wildman–Crippen MR) is 229 cm³/mol. The van der Waals surface area contributed by atoms with Gasteiger partial charge in [-0.2, -0.15) is 18.4 Å². The van der Waals surface area contributed by atoms with Gasteiger partial charge in [0.05, 0.1) is 27.6 Å². The van der Waals surface area contributed by atoms with E-state index in [1.54, 1.807) is 37.3 Å². The van der Waals surface area contributed by atoms with E-state index in [1.807, 2.05) is 13.8 Å². The minimum absolute atomic E-state index is 0.0133. The van der Waals surface area contributed by atoms with Crippen molar-refractivity contribution in [1.29, 1.82) is 5.26 Å². The number of ether oxygens (including phenoxy) is 1. The molecular formula is C46H42F3N5O8S. The molecule has 1 aromatic heterocycles. The zero-order valence-electron chi connectivity index (χ0n) is 34.6. The maximum absolute atomic E-state index is 14.2. The third kappa shape index (κ3) is 10.2. The van der Waals surface area contributed by atoms with Gasteiger partial charge < -0.3 is 30.6 Å². The Morgan fingerprint density at radius 3 is 2.14 bits per heavy atom. The largest absolute Gasteiger partial charge is 0.478 e. The number of carboxylic acids is 2. The van der Waals surface area contributed by atoms with Gasteiger partial charge in [-0.15, -0.1) is 11.8 Å². The third-order valence-corrected chi connectivity index (χ3v) is 11.9. The lowest BCUT2D eigenvalue weighted by Crippen LogP contribution is -2.37. The number of rotatable bonds is 11. The molecule has 1 saturated carbocycles. The summed E-state index contributed by atoms with van der Waals surface area (Å²) in [7, 11) is 0. The van der Waals surface area contributed by atoms with Gasteiger partial charge in [0.2, 0.25) is 5.91 Å². The number of anilines is 1. The van der Waals surface area contributed by atoms with Crippen molar-refractivity contribution in [2.45, 2.75) is 69.9 Å². The van der Waals surface area contributed by atoms with Gasteiger partial charge in [0.25, 0.3) is 5.91 Å². The summed E-state index contributed by atoms with van der Waals surface area (Å²) in [6, 6.07) is 18.1. The molecule has 1 fully saturated rings. The number of hydrogen-bond donors (Lipinski definition) is 5. The zero-order chi connectivity index (χ0) is 45.9. The summed E-state index contributed by atoms with van der Waals surface area (Å²) in [4.78, 5) is 72.6. The fourth-order valence-electron chi connectivity index (χ4n) is 7.94. The maximum Gasteiger partial charge on any atom is 0.416 e. The summed E-state index contributed by atoms with van der Waals surface area (Å²) in [6.07, 6.45) is -2.05. The minimum Gasteiger partial charge on any atom is -0.478 e. The highest BCUT2D eigenvalue weighted by Gasteiger charge is 2.37. The normalized spacial score (nSPS) is 19.8. The van der Waals surface area contributed by atoms with Gasteiger partial charge in [-0.25, -0.2) is 19.4 Å². The number of aliphatic imine (C=N–C) groups is 1. The Balaban J connectivity index is 1.40. The molecule has 4 aromatic rings. The molecule has 0 saturated heterocycles. The van der Waals surface area contributed by atoms with E-state index < -0.39 is 52.8 Å². The molecule has 0 spiro atoms. The fourth-order valence-corrected chi connectivity index (χ4v) is 8.91. The first-order valence-electron chi connectivity index (χ1n) is 19.8. The number of amides is 2. The summed E-state index contributed by atoms with van der Waals surface area (Å²) in [6.45, 7) is 9.19. The van der Waals surface area contributed by atoms with Crippen molar-refractivity contribution in [3.63, 3.8) is 0 Å². The first kappa shape index (κ1) is 45.6. The number of benzene rings is 3. The highest BCUT2D eigenvalue weighted by molar-refractivity contribution is 8.00. The molecule has 3 aromatic carbocycles. The molecule has 1 aliphatic carbocycles. The van der Waals surface area contributed by atoms with E-state index >= 15 is 0 Å². The van der Waals surface area contributed by atoms with Crippen LogP contribution in [0.15, 0.2) is 94.0 Å². The van der Waals surface area contributed by atoms with Crippen molar-refractivity contribution in [3.8, 4) is 6.07 Å². The quantitative estimate of drug-likeness (QED) is 0.0712. The summed E-state index contributed by atoms with van der Waals surface area (Å²) >= 11 is 0.888. The van der Waals surface area contributed by atoms with Crippen molar-refractivity contribution in [1.82, 2.24) is 10.3 Å². The molecule has 6 rings (SSSR count). The monoisotopic (exact) mass is 881 g/mol. The van der Waals surface area contributed by atoms with Crippen LogP contribution in [0.25, 0.3) is 11.6 Å². The van der Waals surface area contributed by atoms with E-state index in [-0.39, 0.29) is 73.2 Å². The number of hydrogen-bond acceptors (Lipinski definition) is 9. The van der Waals surface area contributed by atoms with Crippen LogP contribution in [0.4, 0.5) is 19.0 Å². The van der Waals surface area contributed by atoms with E-state index in [9.17, 15) is 52.6 Å². The van der Waals surface area contributed by atoms with Crippen LogP contribution in [-0.4, -0.2) is 62.1 Å². The Labute approximate surface area is 364 Å². The summed E-state index contributed by atoms with van der Waals surface area (Å²) in [5.74, 6) is -4.93. The van der Waals surface area contributed by atoms with Crippen LogP contribution in [0, 0.1) is 36.0 Å². The number of H-pyrrole nitrogens is 1. The lowest BCUT2D eigenvalue weighted by molar-refractivity contribution is -0.137. The molecule has 326 valence electrons. The minimum atomic E-state index is -4.72. The van der Waals surface area contributed by atoms with Crippen molar-refractivity contribution in [3.05, 3.63) is 129 Å². The molecule has 3 atom stereocenters. The van der Waals surface area contributed by atoms with Crippen LogP contribution in [0.1, 0.15) is 104 Å². The van der Waals surface area contributed by atoms with E-state index in [0.717, 1.165) is 42.8 Å². The number of aromatic carboxylic acids is 2. The van der Waals surface area contributed by atoms with Crippen LogP contribution in [-0.2, 0) is 15.7 Å². The Kier molecular flexibility index (Phi) is 13.5. The average Bonchev–Trinajstić information content (AvgIpc) is 3.73. The Bertz CT molecular complexity index is 2600. The van der Waals surface area contributed by atoms with Crippen LogP contribution in [0.5, 0.6) is 0 Å². The molecular weight excluding hydrogens is 840 g/mol. The van der Waals surface area contributed by atoms with Crippen molar-refractivity contribution in [2.24, 2.45) is 22.7 Å². The second kappa shape index (κ2) is 18.6. The molecule has 13 nitrogen and oxygen atoms in total. The van der Waals surface area contributed by atoms with Gasteiger partial charge in [0.1, 0.15) is 29.1 Å². The highest BCUT2D eigenvalue weighted by atomic mass is 32.2. The first-order chi connectivity index (χ1) is 29.7. The molecule has 2 amide bonds. The van der Waals surface area contributed by atoms with Crippen LogP contribution in [0.3, 0.4) is 0 Å². The maximum atomic E-state index is 14.2. The highest BCUT2D eigenvalue weighted by Crippen LogP contribution is 2.39. The number of nitriles is 1. The molecule has 2 heterocycles. The number of nitrogens with zero attached hydrogens (tertiary/aromatic N) is 2. The lowest BCUT2D eigenvalue weighted by atomic mass is 9.75. The molecule has 0 radical (unpaired) electrons. The summed E-state index contributed by atoms with van der Waals surface area (Å²) in [5.41, 5.74) is -0.582. The van der Waals surface area contributed by atoms with Gasteiger partial charge in [-0.1, -0.05) is 57.2 Å². The number of amidine groups is 1. The topological polar surface area (TPSA) is 211 Å². The second-order valence-electron chi connectivity index (χ2n) is 15.7. The smallest absolute Gasteiger partial charge is 0.416 e. The van der Waals surface area contributed by atoms with E-state index in [2.05, 4.69) is 33.6 Å². The van der Waals surface area contributed by atoms with Gasteiger partial charge in [-0.3, -0.25) is 9.59 Å². The number of nitrogens with one attached hydrogen (secondary N) is 3. The molecule has 17 heteroatoms. The second-order valence-corrected chi connectivity index (χ2v) is 17.1. The predicted octanol–water partition coefficient (Wildman–Crippen LogP) is 9.25. The van der Waals surface area contributed by atoms with Crippen LogP contribution >= 0.6 is 11.8 Å². The number of allylic oxidation sites excluding steroid dienone is 1. The number of aromatic nitrogens is 1. The van der Waals surface area contributed by atoms with Gasteiger partial charge in [-0.05, 0) is 98.0 Å². The van der Waals surface area contributed by atoms with E-state index in [0.29, 0.717) is 23.1 Å². The van der Waals surface area contributed by atoms with E-state index in [1.165, 1.54) is 31.2 Å². The zero-order valence-corrected chi connectivity index (χ0v) is 35.4. The Morgan fingerprint density at radius 2 is 1.56 bits per heavy atom. The van der Waals surface area contributed by atoms with Gasteiger partial charge in [0.15, 0.2) is 5.84 Å². The van der Waals surface area contributed by atoms with E-state index in [4.69, 9.17) is 4.74 Å². The number of esters is 1. The van der Waals surface area contributed by atoms with Gasteiger partial charge >= 0.3 is 24.1 Å². The van der Waals surface area contributed by atoms with Crippen molar-refractivity contribution >= 4 is 64.8 Å². The SMILES string of the molecule is Cc1c(/C=C2\N=C(NC(=O)C(C)Sc3cc(C(=O)O)cc(C(=O)O)c3)C(C#N)=C2c2ccccc2)[nH]c(NC(=O)c2cccc(C(F)(F)F)c2)c1C(=O)OC1C(C)CC(C)CC1C. The van der Waals surface area contributed by atoms with Crippen LogP contribution in [0.2, 0.25) is 0 Å². The number of aromatic amines is 1. The molecule has 1 aliphatic heterocycles. The number of carbonyl (C=O) groups excluding carboxylic acids is 3. The standard InChI is InChI=1S/C46H42F3N5O8S/c1-22-14-23(2)38(24(3)15-22)62-45(61)36-25(4)34(51-40(36)54-42(56)28-12-9-13-31(17-28)46(47,48)49)20-35-37(27-10-7-6-8-11-27)33(21-50)39(52-35)53-41(55)26(5)63-32-18-29(43(57)58)16-30(19-32)44(59)60/h6-13,16-20,22-24,26,38,51H,14-15H2,1-5H3,(H,54,56)(H,57,58)(H,59,60)(H,52,53,55)/b35-20-. The number of alkyl halides is 3. The molecule has 5 N–H and O–H groups in total. The number of halogens is 3. The number of carboxylic acid groups (broad SMARTS) is 2. The lowest BCUT2D eigenvalue weighted by Gasteiger charge is -2.37. The third-order valence-electron chi connectivity index (χ3n) is 10.9. The van der Waals surface area contributed by atoms with Crippen molar-refractivity contribution in [2.75, 3.05) is 5.32 Å². The molecule has 0 bridgehead atoms. The first-order valence-corrected chi connectivity index (χ1v) is 20.7. The van der Waals surface area contributed by atoms with Gasteiger partial charge in [0, 0.05) is 21.7 Å². The molecule has 63 heavy (non-hydrogen) atoms. The van der Waals surface area contributed by atoms with Crippen LogP contribution < -0.4 is 10.6 Å². The number of carbonyl (C=O) groups is 5. The average molecular weight is 882 g/mol. The fraction of sp³-hybridized carbons (Fsp3) is 0.283. The van der Waals surface area contributed by atoms with Crippen molar-refractivity contribution < 1.29 is 52.1 Å². The molecule has 2 aliphatic rings. The Morgan fingerprint density at radius 1 is 0.921 bits per heavy atom. The molecule has 3 unspecified atom stereocenters. The number of thioether (sulfide) groups is 1. The summed E-state index contributed by atoms with van der Waals surface area (Å²) in [5, 5.41) is 33.8. The Hall–Kier alpha value is -6.93. The summed E-state index contributed by atoms with van der Waals surface area (Å²) < 4.78 is 46.9.